The highest BCUT2D eigenvalue weighted by Crippen LogP contribution is 2.37. The molecular formula is C20H19BrN4O4. The summed E-state index contributed by atoms with van der Waals surface area (Å²) in [6, 6.07) is 15.6. The summed E-state index contributed by atoms with van der Waals surface area (Å²) in [4.78, 5) is 43.1. The zero-order valence-corrected chi connectivity index (χ0v) is 17.1. The highest BCUT2D eigenvalue weighted by atomic mass is 79.9. The van der Waals surface area contributed by atoms with Crippen LogP contribution in [0.25, 0.3) is 0 Å². The van der Waals surface area contributed by atoms with Crippen molar-refractivity contribution in [3.05, 3.63) is 65.7 Å². The Morgan fingerprint density at radius 1 is 1.21 bits per heavy atom. The highest BCUT2D eigenvalue weighted by molar-refractivity contribution is 9.09. The van der Waals surface area contributed by atoms with Crippen molar-refractivity contribution in [1.82, 2.24) is 5.32 Å². The van der Waals surface area contributed by atoms with Crippen LogP contribution in [0.4, 0.5) is 10.5 Å². The number of para-hydroxylation sites is 1. The minimum Gasteiger partial charge on any atom is -0.465 e. The number of rotatable bonds is 5. The number of carboxylic acid groups (broad SMARTS) is 1. The molecule has 0 aliphatic carbocycles. The summed E-state index contributed by atoms with van der Waals surface area (Å²) in [7, 11) is 0. The van der Waals surface area contributed by atoms with Crippen molar-refractivity contribution < 1.29 is 19.5 Å². The molecule has 3 rings (SSSR count). The number of anilines is 1. The summed E-state index contributed by atoms with van der Waals surface area (Å²) in [6.45, 7) is 1.54. The Balaban J connectivity index is 2.31. The summed E-state index contributed by atoms with van der Waals surface area (Å²) in [5, 5.41) is 11.6. The summed E-state index contributed by atoms with van der Waals surface area (Å²) in [6.07, 6.45) is -2.85. The van der Waals surface area contributed by atoms with E-state index >= 15 is 0 Å². The molecular weight excluding hydrogens is 440 g/mol. The van der Waals surface area contributed by atoms with Gasteiger partial charge in [0.15, 0.2) is 0 Å². The monoisotopic (exact) mass is 458 g/mol. The Labute approximate surface area is 175 Å². The van der Waals surface area contributed by atoms with Gasteiger partial charge >= 0.3 is 6.09 Å². The molecule has 0 saturated carbocycles. The lowest BCUT2D eigenvalue weighted by molar-refractivity contribution is -0.128. The molecule has 9 heteroatoms. The summed E-state index contributed by atoms with van der Waals surface area (Å²) < 4.78 is 0. The zero-order chi connectivity index (χ0) is 21.2. The van der Waals surface area contributed by atoms with E-state index in [9.17, 15) is 19.5 Å². The zero-order valence-electron chi connectivity index (χ0n) is 15.5. The van der Waals surface area contributed by atoms with Gasteiger partial charge in [-0.2, -0.15) is 0 Å². The minimum atomic E-state index is -1.58. The standard InChI is InChI=1S/C20H19BrN4O4/c1-20(18(22)27,12-7-3-2-4-8-12)25-15-10-6-5-9-13(15)14(11-21)23-16(17(25)26)24-19(28)29/h2-10,16,24H,11H2,1H3,(H2,22,27)(H,28,29). The Morgan fingerprint density at radius 3 is 2.41 bits per heavy atom. The van der Waals surface area contributed by atoms with Gasteiger partial charge in [0.05, 0.1) is 11.4 Å². The fraction of sp³-hybridized carbons (Fsp3) is 0.200. The molecule has 1 aliphatic rings. The number of carbonyl (C=O) groups is 3. The Morgan fingerprint density at radius 2 is 1.83 bits per heavy atom. The van der Waals surface area contributed by atoms with Gasteiger partial charge in [-0.05, 0) is 18.6 Å². The third-order valence-corrected chi connectivity index (χ3v) is 5.38. The second-order valence-electron chi connectivity index (χ2n) is 6.55. The lowest BCUT2D eigenvalue weighted by Gasteiger charge is -2.40. The number of nitrogens with one attached hydrogen (secondary N) is 1. The SMILES string of the molecule is CC(C(N)=O)(c1ccccc1)N1C(=O)C(NC(=O)O)N=C(CBr)c2ccccc21. The van der Waals surface area contributed by atoms with Gasteiger partial charge in [0, 0.05) is 10.9 Å². The fourth-order valence-corrected chi connectivity index (χ4v) is 3.80. The molecule has 0 radical (unpaired) electrons. The number of fused-ring (bicyclic) bond motifs is 1. The maximum absolute atomic E-state index is 13.5. The summed E-state index contributed by atoms with van der Waals surface area (Å²) >= 11 is 3.35. The quantitative estimate of drug-likeness (QED) is 0.593. The van der Waals surface area contributed by atoms with Crippen LogP contribution in [-0.2, 0) is 15.1 Å². The number of nitrogens with zero attached hydrogens (tertiary/aromatic N) is 2. The van der Waals surface area contributed by atoms with Gasteiger partial charge in [-0.15, -0.1) is 0 Å². The Bertz CT molecular complexity index is 995. The fourth-order valence-electron chi connectivity index (χ4n) is 3.36. The molecule has 29 heavy (non-hydrogen) atoms. The van der Waals surface area contributed by atoms with Gasteiger partial charge < -0.3 is 10.8 Å². The third kappa shape index (κ3) is 3.61. The molecule has 2 unspecified atom stereocenters. The highest BCUT2D eigenvalue weighted by Gasteiger charge is 2.47. The first kappa shape index (κ1) is 20.5. The van der Waals surface area contributed by atoms with Crippen molar-refractivity contribution in [2.45, 2.75) is 18.6 Å². The van der Waals surface area contributed by atoms with Crippen molar-refractivity contribution in [2.75, 3.05) is 10.2 Å². The van der Waals surface area contributed by atoms with Crippen molar-refractivity contribution >= 4 is 45.2 Å². The van der Waals surface area contributed by atoms with Crippen LogP contribution >= 0.6 is 15.9 Å². The maximum Gasteiger partial charge on any atom is 0.406 e. The summed E-state index contributed by atoms with van der Waals surface area (Å²) in [5.41, 5.74) is 6.19. The van der Waals surface area contributed by atoms with Crippen LogP contribution in [-0.4, -0.2) is 40.2 Å². The molecule has 0 saturated heterocycles. The number of alkyl halides is 1. The summed E-state index contributed by atoms with van der Waals surface area (Å²) in [5.74, 6) is -1.47. The molecule has 8 nitrogen and oxygen atoms in total. The van der Waals surface area contributed by atoms with Crippen molar-refractivity contribution in [1.29, 1.82) is 0 Å². The van der Waals surface area contributed by atoms with Crippen LogP contribution in [0, 0.1) is 0 Å². The number of benzene rings is 2. The van der Waals surface area contributed by atoms with Gasteiger partial charge in [-0.25, -0.2) is 4.79 Å². The van der Waals surface area contributed by atoms with Gasteiger partial charge in [0.25, 0.3) is 5.91 Å². The molecule has 2 aromatic rings. The molecule has 150 valence electrons. The van der Waals surface area contributed by atoms with E-state index in [0.29, 0.717) is 22.5 Å². The van der Waals surface area contributed by atoms with Crippen molar-refractivity contribution in [3.8, 4) is 0 Å². The average Bonchev–Trinajstić information content (AvgIpc) is 2.82. The normalized spacial score (nSPS) is 18.1. The second kappa shape index (κ2) is 8.04. The van der Waals surface area contributed by atoms with Gasteiger partial charge in [0.2, 0.25) is 12.1 Å². The largest absolute Gasteiger partial charge is 0.465 e. The van der Waals surface area contributed by atoms with Crippen LogP contribution < -0.4 is 16.0 Å². The number of aliphatic imine (C=N–C) groups is 1. The topological polar surface area (TPSA) is 125 Å². The smallest absolute Gasteiger partial charge is 0.406 e. The minimum absolute atomic E-state index is 0.279. The van der Waals surface area contributed by atoms with Crippen LogP contribution in [0.1, 0.15) is 18.1 Å². The maximum atomic E-state index is 13.5. The van der Waals surface area contributed by atoms with Crippen LogP contribution in [0.3, 0.4) is 0 Å². The molecule has 0 bridgehead atoms. The molecule has 2 aromatic carbocycles. The van der Waals surface area contributed by atoms with Crippen LogP contribution in [0.15, 0.2) is 59.6 Å². The molecule has 0 spiro atoms. The van der Waals surface area contributed by atoms with Crippen LogP contribution in [0.5, 0.6) is 0 Å². The first-order chi connectivity index (χ1) is 13.8. The van der Waals surface area contributed by atoms with E-state index in [4.69, 9.17) is 5.73 Å². The second-order valence-corrected chi connectivity index (χ2v) is 7.12. The number of hydrogen-bond donors (Lipinski definition) is 3. The van der Waals surface area contributed by atoms with Crippen LogP contribution in [0.2, 0.25) is 0 Å². The lowest BCUT2D eigenvalue weighted by Crippen LogP contribution is -2.60. The molecule has 1 heterocycles. The Kier molecular flexibility index (Phi) is 5.69. The van der Waals surface area contributed by atoms with E-state index in [0.717, 1.165) is 0 Å². The number of amides is 3. The number of nitrogens with two attached hydrogens (primary N) is 1. The molecule has 2 atom stereocenters. The average molecular weight is 459 g/mol. The molecule has 3 amide bonds. The number of halogens is 1. The first-order valence-electron chi connectivity index (χ1n) is 8.71. The lowest BCUT2D eigenvalue weighted by atomic mass is 9.87. The predicted octanol–water partition coefficient (Wildman–Crippen LogP) is 2.21. The van der Waals surface area contributed by atoms with Crippen molar-refractivity contribution in [3.63, 3.8) is 0 Å². The number of primary amides is 1. The van der Waals surface area contributed by atoms with E-state index in [2.05, 4.69) is 26.2 Å². The number of hydrogen-bond acceptors (Lipinski definition) is 4. The predicted molar refractivity (Wildman–Crippen MR) is 112 cm³/mol. The molecule has 4 N–H and O–H groups in total. The van der Waals surface area contributed by atoms with Crippen molar-refractivity contribution in [2.24, 2.45) is 10.7 Å². The van der Waals surface area contributed by atoms with E-state index in [1.165, 1.54) is 11.8 Å². The van der Waals surface area contributed by atoms with E-state index < -0.39 is 29.6 Å². The Hall–Kier alpha value is -3.20. The van der Waals surface area contributed by atoms with E-state index in [-0.39, 0.29) is 5.33 Å². The third-order valence-electron chi connectivity index (χ3n) is 4.84. The number of benzodiazepines with no additional fused rings is 1. The van der Waals surface area contributed by atoms with Gasteiger partial charge in [0.1, 0.15) is 5.54 Å². The first-order valence-corrected chi connectivity index (χ1v) is 9.83. The molecule has 0 aromatic heterocycles. The van der Waals surface area contributed by atoms with E-state index in [1.807, 2.05) is 0 Å². The van der Waals surface area contributed by atoms with Gasteiger partial charge in [-0.1, -0.05) is 64.5 Å². The molecule has 1 aliphatic heterocycles. The van der Waals surface area contributed by atoms with E-state index in [1.54, 1.807) is 54.6 Å². The van der Waals surface area contributed by atoms with Gasteiger partial charge in [-0.3, -0.25) is 24.8 Å². The number of carbonyl (C=O) groups excluding carboxylic acids is 2. The molecule has 0 fully saturated rings.